The molecule has 3 nitrogen and oxygen atoms in total. The van der Waals surface area contributed by atoms with Gasteiger partial charge in [-0.3, -0.25) is 4.79 Å². The van der Waals surface area contributed by atoms with Crippen molar-refractivity contribution in [3.05, 3.63) is 69.6 Å². The van der Waals surface area contributed by atoms with Crippen LogP contribution in [0, 0.1) is 0 Å². The Bertz CT molecular complexity index is 628. The van der Waals surface area contributed by atoms with E-state index in [-0.39, 0.29) is 11.6 Å². The Balaban J connectivity index is 2.29. The van der Waals surface area contributed by atoms with Crippen LogP contribution in [0.1, 0.15) is 49.4 Å². The number of aryl methyl sites for hydroxylation is 2. The smallest absolute Gasteiger partial charge is 0.255 e. The molecule has 0 amide bonds. The molecule has 21 heavy (non-hydrogen) atoms. The maximum Gasteiger partial charge on any atom is 0.255 e. The van der Waals surface area contributed by atoms with E-state index in [0.29, 0.717) is 5.56 Å². The molecule has 0 fully saturated rings. The van der Waals surface area contributed by atoms with Crippen molar-refractivity contribution >= 4 is 0 Å². The van der Waals surface area contributed by atoms with Crippen molar-refractivity contribution in [2.75, 3.05) is 0 Å². The summed E-state index contributed by atoms with van der Waals surface area (Å²) in [4.78, 5) is 12.5. The van der Waals surface area contributed by atoms with E-state index in [1.54, 1.807) is 4.57 Å². The molecule has 0 aliphatic heterocycles. The third-order valence-corrected chi connectivity index (χ3v) is 3.88. The Kier molecular flexibility index (Phi) is 5.34. The van der Waals surface area contributed by atoms with Crippen LogP contribution in [0.25, 0.3) is 0 Å². The average molecular weight is 284 g/mol. The fourth-order valence-electron chi connectivity index (χ4n) is 2.44. The highest BCUT2D eigenvalue weighted by molar-refractivity contribution is 5.32. The van der Waals surface area contributed by atoms with Gasteiger partial charge in [0.25, 0.3) is 5.56 Å². The van der Waals surface area contributed by atoms with Crippen molar-refractivity contribution in [2.24, 2.45) is 5.73 Å². The summed E-state index contributed by atoms with van der Waals surface area (Å²) in [5.74, 6) is 0. The van der Waals surface area contributed by atoms with Crippen LogP contribution in [-0.4, -0.2) is 4.57 Å². The van der Waals surface area contributed by atoms with Gasteiger partial charge in [-0.1, -0.05) is 50.6 Å². The highest BCUT2D eigenvalue weighted by Gasteiger charge is 2.13. The number of hydrogen-bond acceptors (Lipinski definition) is 2. The Hall–Kier alpha value is -1.87. The summed E-state index contributed by atoms with van der Waals surface area (Å²) in [6.07, 6.45) is 4.92. The number of hydrogen-bond donors (Lipinski definition) is 1. The van der Waals surface area contributed by atoms with Crippen LogP contribution < -0.4 is 11.3 Å². The number of nitrogens with two attached hydrogens (primary N) is 1. The van der Waals surface area contributed by atoms with Crippen LogP contribution in [0.2, 0.25) is 0 Å². The summed E-state index contributed by atoms with van der Waals surface area (Å²) in [5, 5.41) is 0. The number of aromatic nitrogens is 1. The fraction of sp³-hybridized carbons (Fsp3) is 0.389. The number of unbranched alkanes of at least 4 members (excludes halogenated alkanes) is 1. The molecule has 2 N–H and O–H groups in total. The lowest BCUT2D eigenvalue weighted by molar-refractivity contribution is 0.604. The lowest BCUT2D eigenvalue weighted by Crippen LogP contribution is -2.28. The Morgan fingerprint density at radius 2 is 1.86 bits per heavy atom. The zero-order chi connectivity index (χ0) is 15.2. The standard InChI is InChI=1S/C18H24N2O/c1-3-5-12-20-13-6-7-16(18(20)21)17(19)15-10-8-14(4-2)9-11-15/h6-11,13,17H,3-5,12,19H2,1-2H3. The van der Waals surface area contributed by atoms with E-state index in [1.807, 2.05) is 30.5 Å². The molecule has 0 spiro atoms. The molecular weight excluding hydrogens is 260 g/mol. The summed E-state index contributed by atoms with van der Waals surface area (Å²) in [6.45, 7) is 5.00. The summed E-state index contributed by atoms with van der Waals surface area (Å²) in [5.41, 5.74) is 9.24. The topological polar surface area (TPSA) is 48.0 Å². The van der Waals surface area contributed by atoms with E-state index in [0.717, 1.165) is 31.4 Å². The van der Waals surface area contributed by atoms with Crippen molar-refractivity contribution in [2.45, 2.75) is 45.7 Å². The zero-order valence-corrected chi connectivity index (χ0v) is 12.9. The average Bonchev–Trinajstić information content (AvgIpc) is 2.53. The monoisotopic (exact) mass is 284 g/mol. The number of benzene rings is 1. The van der Waals surface area contributed by atoms with Crippen molar-refractivity contribution in [3.63, 3.8) is 0 Å². The van der Waals surface area contributed by atoms with E-state index in [4.69, 9.17) is 5.73 Å². The van der Waals surface area contributed by atoms with Gasteiger partial charge in [-0.15, -0.1) is 0 Å². The molecule has 0 bridgehead atoms. The van der Waals surface area contributed by atoms with Gasteiger partial charge in [-0.2, -0.15) is 0 Å². The van der Waals surface area contributed by atoms with Gasteiger partial charge in [0.2, 0.25) is 0 Å². The van der Waals surface area contributed by atoms with Gasteiger partial charge < -0.3 is 10.3 Å². The van der Waals surface area contributed by atoms with Crippen molar-refractivity contribution in [3.8, 4) is 0 Å². The van der Waals surface area contributed by atoms with Gasteiger partial charge in [0.1, 0.15) is 0 Å². The van der Waals surface area contributed by atoms with E-state index >= 15 is 0 Å². The second-order valence-electron chi connectivity index (χ2n) is 5.39. The molecule has 1 unspecified atom stereocenters. The second-order valence-corrected chi connectivity index (χ2v) is 5.39. The quantitative estimate of drug-likeness (QED) is 0.885. The fourth-order valence-corrected chi connectivity index (χ4v) is 2.44. The summed E-state index contributed by atoms with van der Waals surface area (Å²) >= 11 is 0. The van der Waals surface area contributed by atoms with E-state index < -0.39 is 0 Å². The lowest BCUT2D eigenvalue weighted by atomic mass is 9.99. The Labute approximate surface area is 126 Å². The first kappa shape index (κ1) is 15.5. The largest absolute Gasteiger partial charge is 0.320 e. The van der Waals surface area contributed by atoms with E-state index in [2.05, 4.69) is 26.0 Å². The van der Waals surface area contributed by atoms with Crippen LogP contribution in [0.4, 0.5) is 0 Å². The minimum absolute atomic E-state index is 0.0259. The molecule has 1 heterocycles. The normalized spacial score (nSPS) is 12.3. The van der Waals surface area contributed by atoms with Gasteiger partial charge in [0, 0.05) is 18.3 Å². The van der Waals surface area contributed by atoms with E-state index in [1.165, 1.54) is 5.56 Å². The van der Waals surface area contributed by atoms with Crippen molar-refractivity contribution < 1.29 is 0 Å². The second kappa shape index (κ2) is 7.23. The lowest BCUT2D eigenvalue weighted by Gasteiger charge is -2.14. The predicted molar refractivity (Wildman–Crippen MR) is 87.5 cm³/mol. The molecule has 112 valence electrons. The first-order valence-electron chi connectivity index (χ1n) is 7.71. The van der Waals surface area contributed by atoms with Crippen LogP contribution in [0.3, 0.4) is 0 Å². The third-order valence-electron chi connectivity index (χ3n) is 3.88. The molecular formula is C18H24N2O. The number of rotatable bonds is 6. The molecule has 0 aliphatic rings. The minimum Gasteiger partial charge on any atom is -0.320 e. The first-order chi connectivity index (χ1) is 10.2. The van der Waals surface area contributed by atoms with Crippen LogP contribution in [0.15, 0.2) is 47.4 Å². The maximum atomic E-state index is 12.5. The maximum absolute atomic E-state index is 12.5. The van der Waals surface area contributed by atoms with Gasteiger partial charge in [-0.25, -0.2) is 0 Å². The molecule has 0 radical (unpaired) electrons. The van der Waals surface area contributed by atoms with Crippen LogP contribution >= 0.6 is 0 Å². The summed E-state index contributed by atoms with van der Waals surface area (Å²) in [7, 11) is 0. The molecule has 0 aliphatic carbocycles. The van der Waals surface area contributed by atoms with Gasteiger partial charge in [0.05, 0.1) is 6.04 Å². The molecule has 0 saturated carbocycles. The molecule has 1 aromatic carbocycles. The first-order valence-corrected chi connectivity index (χ1v) is 7.71. The van der Waals surface area contributed by atoms with Gasteiger partial charge >= 0.3 is 0 Å². The molecule has 0 saturated heterocycles. The van der Waals surface area contributed by atoms with E-state index in [9.17, 15) is 4.79 Å². The number of pyridine rings is 1. The zero-order valence-electron chi connectivity index (χ0n) is 12.9. The SMILES string of the molecule is CCCCn1cccc(C(N)c2ccc(CC)cc2)c1=O. The van der Waals surface area contributed by atoms with Gasteiger partial charge in [-0.05, 0) is 30.0 Å². The molecule has 2 rings (SSSR count). The molecule has 3 heteroatoms. The summed E-state index contributed by atoms with van der Waals surface area (Å²) < 4.78 is 1.76. The molecule has 1 atom stereocenters. The highest BCUT2D eigenvalue weighted by atomic mass is 16.1. The summed E-state index contributed by atoms with van der Waals surface area (Å²) in [6, 6.07) is 11.6. The Morgan fingerprint density at radius 1 is 1.14 bits per heavy atom. The van der Waals surface area contributed by atoms with Crippen molar-refractivity contribution in [1.29, 1.82) is 0 Å². The Morgan fingerprint density at radius 3 is 2.48 bits per heavy atom. The molecule has 1 aromatic heterocycles. The highest BCUT2D eigenvalue weighted by Crippen LogP contribution is 2.17. The van der Waals surface area contributed by atoms with Gasteiger partial charge in [0.15, 0.2) is 0 Å². The minimum atomic E-state index is -0.363. The van der Waals surface area contributed by atoms with Crippen molar-refractivity contribution in [1.82, 2.24) is 4.57 Å². The predicted octanol–water partition coefficient (Wildman–Crippen LogP) is 3.26. The third kappa shape index (κ3) is 3.61. The molecule has 2 aromatic rings. The number of nitrogens with zero attached hydrogens (tertiary/aromatic N) is 1. The van der Waals surface area contributed by atoms with Crippen LogP contribution in [-0.2, 0) is 13.0 Å². The van der Waals surface area contributed by atoms with Crippen LogP contribution in [0.5, 0.6) is 0 Å².